The van der Waals surface area contributed by atoms with Gasteiger partial charge >= 0.3 is 5.97 Å². The maximum absolute atomic E-state index is 12.7. The monoisotopic (exact) mass is 505 g/mol. The van der Waals surface area contributed by atoms with Gasteiger partial charge in [0.15, 0.2) is 0 Å². The van der Waals surface area contributed by atoms with Gasteiger partial charge in [0.2, 0.25) is 0 Å². The number of phenolic OH excluding ortho intramolecular Hbond substituents is 1. The molecule has 0 aliphatic rings. The summed E-state index contributed by atoms with van der Waals surface area (Å²) in [5.74, 6) is -1.44. The molecule has 2 N–H and O–H groups in total. The van der Waals surface area contributed by atoms with Gasteiger partial charge in [-0.15, -0.1) is 26.3 Å². The number of aliphatic carboxylic acids is 1. The second kappa shape index (κ2) is 13.8. The largest absolute Gasteiger partial charge is 0.507 e. The fraction of sp³-hybridized carbons (Fsp3) is 0.471. The van der Waals surface area contributed by atoms with Gasteiger partial charge in [-0.3, -0.25) is 4.79 Å². The van der Waals surface area contributed by atoms with Crippen LogP contribution in [0.2, 0.25) is 0 Å². The van der Waals surface area contributed by atoms with Crippen molar-refractivity contribution in [3.05, 3.63) is 98.7 Å². The zero-order chi connectivity index (χ0) is 28.4. The lowest BCUT2D eigenvalue weighted by atomic mass is 9.66. The minimum absolute atomic E-state index is 0.203. The minimum atomic E-state index is -0.838. The SMILES string of the molecule is C=C[CH]CC(C[CH]C=C)(C[CH]C=C)CC(C=C)C(Cc1cc(C(C)(C)C)c(O)c(C(C)(C)C)c1)C(=O)O. The van der Waals surface area contributed by atoms with Gasteiger partial charge in [-0.25, -0.2) is 0 Å². The number of carbonyl (C=O) groups is 1. The molecular weight excluding hydrogens is 456 g/mol. The maximum atomic E-state index is 12.7. The highest BCUT2D eigenvalue weighted by Gasteiger charge is 2.36. The zero-order valence-electron chi connectivity index (χ0n) is 24.0. The highest BCUT2D eigenvalue weighted by atomic mass is 16.4. The lowest BCUT2D eigenvalue weighted by Gasteiger charge is -2.38. The number of allylic oxidation sites excluding steroid dienone is 4. The maximum Gasteiger partial charge on any atom is 0.307 e. The molecule has 0 saturated carbocycles. The van der Waals surface area contributed by atoms with Crippen molar-refractivity contribution < 1.29 is 15.0 Å². The first-order valence-electron chi connectivity index (χ1n) is 13.2. The molecule has 0 aliphatic carbocycles. The topological polar surface area (TPSA) is 57.5 Å². The molecule has 3 heteroatoms. The number of carboxylic acid groups (broad SMARTS) is 1. The Morgan fingerprint density at radius 3 is 1.54 bits per heavy atom. The molecule has 0 bridgehead atoms. The number of rotatable bonds is 16. The van der Waals surface area contributed by atoms with E-state index in [-0.39, 0.29) is 22.2 Å². The van der Waals surface area contributed by atoms with E-state index in [0.717, 1.165) is 36.0 Å². The molecule has 0 aliphatic heterocycles. The van der Waals surface area contributed by atoms with Crippen LogP contribution in [-0.2, 0) is 22.0 Å². The third-order valence-corrected chi connectivity index (χ3v) is 7.20. The smallest absolute Gasteiger partial charge is 0.307 e. The van der Waals surface area contributed by atoms with Gasteiger partial charge in [0.05, 0.1) is 5.92 Å². The van der Waals surface area contributed by atoms with E-state index in [0.29, 0.717) is 18.6 Å². The molecule has 1 aromatic carbocycles. The number of carboxylic acids is 1. The van der Waals surface area contributed by atoms with Crippen molar-refractivity contribution in [1.29, 1.82) is 0 Å². The van der Waals surface area contributed by atoms with Gasteiger partial charge in [0, 0.05) is 0 Å². The molecule has 0 fully saturated rings. The summed E-state index contributed by atoms with van der Waals surface area (Å²) in [5, 5.41) is 21.5. The Morgan fingerprint density at radius 1 is 0.838 bits per heavy atom. The van der Waals surface area contributed by atoms with Crippen LogP contribution < -0.4 is 0 Å². The van der Waals surface area contributed by atoms with E-state index < -0.39 is 11.9 Å². The Balaban J connectivity index is 3.55. The average molecular weight is 506 g/mol. The quantitative estimate of drug-likeness (QED) is 0.221. The molecule has 37 heavy (non-hydrogen) atoms. The fourth-order valence-electron chi connectivity index (χ4n) is 5.02. The molecule has 1 aromatic rings. The van der Waals surface area contributed by atoms with Crippen molar-refractivity contribution in [3.63, 3.8) is 0 Å². The summed E-state index contributed by atoms with van der Waals surface area (Å²) < 4.78 is 0. The van der Waals surface area contributed by atoms with Gasteiger partial charge in [-0.05, 0) is 90.2 Å². The van der Waals surface area contributed by atoms with Crippen LogP contribution in [0.15, 0.2) is 62.8 Å². The summed E-state index contributed by atoms with van der Waals surface area (Å²) >= 11 is 0. The minimum Gasteiger partial charge on any atom is -0.507 e. The number of hydrogen-bond donors (Lipinski definition) is 2. The van der Waals surface area contributed by atoms with Crippen LogP contribution >= 0.6 is 0 Å². The third kappa shape index (κ3) is 9.36. The second-order valence-corrected chi connectivity index (χ2v) is 12.3. The first kappa shape index (κ1) is 32.5. The molecule has 2 atom stereocenters. The van der Waals surface area contributed by atoms with E-state index in [1.165, 1.54) is 0 Å². The number of aromatic hydroxyl groups is 1. The number of benzene rings is 1. The zero-order valence-corrected chi connectivity index (χ0v) is 24.0. The van der Waals surface area contributed by atoms with Crippen molar-refractivity contribution >= 4 is 5.97 Å². The molecule has 3 radical (unpaired) electrons. The van der Waals surface area contributed by atoms with Crippen molar-refractivity contribution in [1.82, 2.24) is 0 Å². The first-order chi connectivity index (χ1) is 17.2. The summed E-state index contributed by atoms with van der Waals surface area (Å²) in [4.78, 5) is 12.7. The Bertz CT molecular complexity index is 872. The van der Waals surface area contributed by atoms with Crippen molar-refractivity contribution in [2.24, 2.45) is 17.3 Å². The standard InChI is InChI=1S/C34H49O3/c1-11-15-18-34(19-16-12-2,20-17-13-3)24-26(14-4)27(31(36)37)21-25-22-28(32(5,6)7)30(35)29(23-25)33(8,9)10/h11-17,22-23,26-27,35H,1-4,18-21,24H2,5-10H3,(H,36,37). The molecule has 2 unspecified atom stereocenters. The molecule has 203 valence electrons. The summed E-state index contributed by atoms with van der Waals surface area (Å²) in [6.07, 6.45) is 16.7. The Morgan fingerprint density at radius 2 is 1.24 bits per heavy atom. The van der Waals surface area contributed by atoms with Crippen molar-refractivity contribution in [2.75, 3.05) is 0 Å². The van der Waals surface area contributed by atoms with E-state index >= 15 is 0 Å². The molecule has 3 nitrogen and oxygen atoms in total. The number of hydrogen-bond acceptors (Lipinski definition) is 2. The fourth-order valence-corrected chi connectivity index (χ4v) is 5.02. The molecule has 0 aromatic heterocycles. The second-order valence-electron chi connectivity index (χ2n) is 12.3. The first-order valence-corrected chi connectivity index (χ1v) is 13.2. The molecule has 0 heterocycles. The normalized spacial score (nSPS) is 14.0. The van der Waals surface area contributed by atoms with E-state index in [4.69, 9.17) is 0 Å². The molecule has 0 saturated heterocycles. The van der Waals surface area contributed by atoms with Crippen LogP contribution in [-0.4, -0.2) is 16.2 Å². The lowest BCUT2D eigenvalue weighted by Crippen LogP contribution is -2.32. The summed E-state index contributed by atoms with van der Waals surface area (Å²) in [7, 11) is 0. The van der Waals surface area contributed by atoms with Crippen LogP contribution in [0, 0.1) is 36.5 Å². The highest BCUT2D eigenvalue weighted by Crippen LogP contribution is 2.44. The van der Waals surface area contributed by atoms with Gasteiger partial charge in [-0.2, -0.15) is 0 Å². The predicted molar refractivity (Wildman–Crippen MR) is 158 cm³/mol. The summed E-state index contributed by atoms with van der Waals surface area (Å²) in [5.41, 5.74) is 1.83. The summed E-state index contributed by atoms with van der Waals surface area (Å²) in [6, 6.07) is 3.97. The average Bonchev–Trinajstić information content (AvgIpc) is 2.81. The molecule has 0 amide bonds. The molecular formula is C34H49O3. The van der Waals surface area contributed by atoms with Crippen LogP contribution in [0.5, 0.6) is 5.75 Å². The predicted octanol–water partition coefficient (Wildman–Crippen LogP) is 8.75. The highest BCUT2D eigenvalue weighted by molar-refractivity contribution is 5.71. The van der Waals surface area contributed by atoms with Crippen LogP contribution in [0.4, 0.5) is 0 Å². The lowest BCUT2D eigenvalue weighted by molar-refractivity contribution is -0.143. The van der Waals surface area contributed by atoms with Crippen LogP contribution in [0.25, 0.3) is 0 Å². The molecule has 1 rings (SSSR count). The van der Waals surface area contributed by atoms with Gasteiger partial charge in [-0.1, -0.05) is 78.0 Å². The summed E-state index contributed by atoms with van der Waals surface area (Å²) in [6.45, 7) is 28.0. The Kier molecular flexibility index (Phi) is 12.1. The number of phenols is 1. The van der Waals surface area contributed by atoms with Gasteiger partial charge in [0.25, 0.3) is 0 Å². The van der Waals surface area contributed by atoms with E-state index in [9.17, 15) is 15.0 Å². The van der Waals surface area contributed by atoms with E-state index in [1.807, 2.05) is 12.1 Å². The Labute approximate surface area is 227 Å². The third-order valence-electron chi connectivity index (χ3n) is 7.20. The van der Waals surface area contributed by atoms with Gasteiger partial charge in [0.1, 0.15) is 5.75 Å². The Hall–Kier alpha value is -2.55. The van der Waals surface area contributed by atoms with E-state index in [1.54, 1.807) is 24.3 Å². The van der Waals surface area contributed by atoms with Crippen molar-refractivity contribution in [2.45, 2.75) is 84.5 Å². The van der Waals surface area contributed by atoms with Crippen LogP contribution in [0.1, 0.15) is 83.9 Å². The van der Waals surface area contributed by atoms with E-state index in [2.05, 4.69) is 87.1 Å². The van der Waals surface area contributed by atoms with Gasteiger partial charge < -0.3 is 10.2 Å². The van der Waals surface area contributed by atoms with Crippen molar-refractivity contribution in [3.8, 4) is 5.75 Å². The molecule has 0 spiro atoms. The van der Waals surface area contributed by atoms with Crippen LogP contribution in [0.3, 0.4) is 0 Å².